The molecule has 0 saturated heterocycles. The van der Waals surface area contributed by atoms with Crippen LogP contribution in [0, 0.1) is 0 Å². The molecule has 0 atom stereocenters. The monoisotopic (exact) mass is 311 g/mol. The summed E-state index contributed by atoms with van der Waals surface area (Å²) in [5, 5.41) is 2.60. The van der Waals surface area contributed by atoms with Crippen molar-refractivity contribution in [3.63, 3.8) is 0 Å². The molecule has 1 heterocycles. The minimum absolute atomic E-state index is 0.258. The zero-order valence-electron chi connectivity index (χ0n) is 11.3. The third-order valence-electron chi connectivity index (χ3n) is 2.56. The van der Waals surface area contributed by atoms with Crippen LogP contribution in [0.15, 0.2) is 53.2 Å². The van der Waals surface area contributed by atoms with Crippen molar-refractivity contribution >= 4 is 12.0 Å². The Kier molecular flexibility index (Phi) is 4.88. The van der Waals surface area contributed by atoms with Gasteiger partial charge in [-0.2, -0.15) is 0 Å². The third kappa shape index (κ3) is 5.35. The molecule has 1 aromatic carbocycles. The minimum atomic E-state index is -4.72. The van der Waals surface area contributed by atoms with Gasteiger partial charge in [-0.15, -0.1) is 13.2 Å². The molecule has 7 heteroatoms. The molecule has 0 bridgehead atoms. The van der Waals surface area contributed by atoms with Crippen molar-refractivity contribution in [1.29, 1.82) is 0 Å². The molecule has 0 spiro atoms. The van der Waals surface area contributed by atoms with Crippen molar-refractivity contribution in [2.45, 2.75) is 12.9 Å². The summed E-state index contributed by atoms with van der Waals surface area (Å²) < 4.78 is 44.8. The topological polar surface area (TPSA) is 51.5 Å². The maximum atomic E-state index is 12.0. The predicted octanol–water partition coefficient (Wildman–Crippen LogP) is 3.51. The maximum Gasteiger partial charge on any atom is 0.573 e. The van der Waals surface area contributed by atoms with Gasteiger partial charge in [0.15, 0.2) is 0 Å². The lowest BCUT2D eigenvalue weighted by molar-refractivity contribution is -0.274. The van der Waals surface area contributed by atoms with Crippen LogP contribution in [0.5, 0.6) is 5.75 Å². The second-order valence-corrected chi connectivity index (χ2v) is 4.25. The molecular weight excluding hydrogens is 299 g/mol. The Morgan fingerprint density at radius 1 is 1.23 bits per heavy atom. The fourth-order valence-corrected chi connectivity index (χ4v) is 1.60. The van der Waals surface area contributed by atoms with E-state index in [0.717, 1.165) is 0 Å². The van der Waals surface area contributed by atoms with E-state index >= 15 is 0 Å². The summed E-state index contributed by atoms with van der Waals surface area (Å²) in [7, 11) is 0. The van der Waals surface area contributed by atoms with Crippen molar-refractivity contribution in [2.24, 2.45) is 0 Å². The van der Waals surface area contributed by atoms with E-state index in [2.05, 4.69) is 10.1 Å². The second kappa shape index (κ2) is 6.84. The highest BCUT2D eigenvalue weighted by Gasteiger charge is 2.30. The number of nitrogens with one attached hydrogen (secondary N) is 1. The molecule has 2 aromatic rings. The van der Waals surface area contributed by atoms with Crippen LogP contribution in [-0.2, 0) is 11.3 Å². The van der Waals surface area contributed by atoms with E-state index in [1.165, 1.54) is 42.7 Å². The molecule has 0 radical (unpaired) electrons. The quantitative estimate of drug-likeness (QED) is 0.860. The average Bonchev–Trinajstić information content (AvgIpc) is 2.96. The van der Waals surface area contributed by atoms with Gasteiger partial charge in [0.2, 0.25) is 5.91 Å². The van der Waals surface area contributed by atoms with Gasteiger partial charge in [0.1, 0.15) is 11.5 Å². The fourth-order valence-electron chi connectivity index (χ4n) is 1.60. The molecule has 0 unspecified atom stereocenters. The Bertz CT molecular complexity index is 631. The van der Waals surface area contributed by atoms with Gasteiger partial charge in [0.05, 0.1) is 12.8 Å². The average molecular weight is 311 g/mol. The highest BCUT2D eigenvalue weighted by atomic mass is 19.4. The van der Waals surface area contributed by atoms with Crippen LogP contribution in [0.1, 0.15) is 11.3 Å². The first-order valence-corrected chi connectivity index (χ1v) is 6.26. The van der Waals surface area contributed by atoms with Gasteiger partial charge >= 0.3 is 6.36 Å². The molecule has 116 valence electrons. The number of carbonyl (C=O) groups is 1. The molecule has 0 aliphatic heterocycles. The Balaban J connectivity index is 1.85. The van der Waals surface area contributed by atoms with E-state index < -0.39 is 6.36 Å². The number of alkyl halides is 3. The second-order valence-electron chi connectivity index (χ2n) is 4.25. The van der Waals surface area contributed by atoms with Gasteiger partial charge in [-0.1, -0.05) is 12.1 Å². The lowest BCUT2D eigenvalue weighted by Gasteiger charge is -2.08. The summed E-state index contributed by atoms with van der Waals surface area (Å²) in [6.07, 6.45) is -0.456. The predicted molar refractivity (Wildman–Crippen MR) is 72.7 cm³/mol. The van der Waals surface area contributed by atoms with Crippen molar-refractivity contribution < 1.29 is 27.1 Å². The molecular formula is C15H12F3NO3. The van der Waals surface area contributed by atoms with E-state index in [1.807, 2.05) is 0 Å². The summed E-state index contributed by atoms with van der Waals surface area (Å²) in [6.45, 7) is 0.258. The molecule has 0 saturated carbocycles. The normalized spacial score (nSPS) is 11.6. The number of carbonyl (C=O) groups excluding carboxylic acids is 1. The minimum Gasteiger partial charge on any atom is -0.467 e. The number of furan rings is 1. The standard InChI is InChI=1S/C15H12F3NO3/c16-15(17,18)22-12-6-3-11(4-7-12)5-8-14(20)19-10-13-2-1-9-21-13/h1-9H,10H2,(H,19,20). The molecule has 0 aliphatic carbocycles. The highest BCUT2D eigenvalue weighted by molar-refractivity contribution is 5.91. The third-order valence-corrected chi connectivity index (χ3v) is 2.56. The van der Waals surface area contributed by atoms with Crippen LogP contribution in [0.3, 0.4) is 0 Å². The van der Waals surface area contributed by atoms with Crippen molar-refractivity contribution in [3.8, 4) is 5.75 Å². The number of benzene rings is 1. The zero-order chi connectivity index (χ0) is 16.0. The van der Waals surface area contributed by atoms with Gasteiger partial charge in [-0.05, 0) is 35.9 Å². The van der Waals surface area contributed by atoms with Gasteiger partial charge in [-0.3, -0.25) is 4.79 Å². The number of hydrogen-bond donors (Lipinski definition) is 1. The summed E-state index contributed by atoms with van der Waals surface area (Å²) in [5.41, 5.74) is 0.572. The van der Waals surface area contributed by atoms with E-state index in [1.54, 1.807) is 12.1 Å². The first-order chi connectivity index (χ1) is 10.4. The summed E-state index contributed by atoms with van der Waals surface area (Å²) in [6, 6.07) is 8.61. The van der Waals surface area contributed by atoms with Crippen molar-refractivity contribution in [1.82, 2.24) is 5.32 Å². The Morgan fingerprint density at radius 2 is 1.95 bits per heavy atom. The highest BCUT2D eigenvalue weighted by Crippen LogP contribution is 2.22. The largest absolute Gasteiger partial charge is 0.573 e. The van der Waals surface area contributed by atoms with Crippen LogP contribution in [-0.4, -0.2) is 12.3 Å². The summed E-state index contributed by atoms with van der Waals surface area (Å²) in [4.78, 5) is 11.6. The van der Waals surface area contributed by atoms with Crippen LogP contribution in [0.25, 0.3) is 6.08 Å². The Labute approximate surface area is 124 Å². The number of rotatable bonds is 5. The maximum absolute atomic E-state index is 12.0. The van der Waals surface area contributed by atoms with Gasteiger partial charge < -0.3 is 14.5 Å². The van der Waals surface area contributed by atoms with E-state index in [-0.39, 0.29) is 18.2 Å². The number of amides is 1. The van der Waals surface area contributed by atoms with Crippen LogP contribution < -0.4 is 10.1 Å². The molecule has 1 amide bonds. The lowest BCUT2D eigenvalue weighted by Crippen LogP contribution is -2.19. The molecule has 4 nitrogen and oxygen atoms in total. The Hall–Kier alpha value is -2.70. The summed E-state index contributed by atoms with van der Waals surface area (Å²) in [5.74, 6) is -0.0330. The first kappa shape index (κ1) is 15.7. The molecule has 0 fully saturated rings. The smallest absolute Gasteiger partial charge is 0.467 e. The van der Waals surface area contributed by atoms with E-state index in [4.69, 9.17) is 4.42 Å². The molecule has 22 heavy (non-hydrogen) atoms. The zero-order valence-corrected chi connectivity index (χ0v) is 11.3. The SMILES string of the molecule is O=C(C=Cc1ccc(OC(F)(F)F)cc1)NCc1ccco1. The van der Waals surface area contributed by atoms with Crippen LogP contribution in [0.4, 0.5) is 13.2 Å². The van der Waals surface area contributed by atoms with Crippen LogP contribution in [0.2, 0.25) is 0 Å². The van der Waals surface area contributed by atoms with Crippen LogP contribution >= 0.6 is 0 Å². The van der Waals surface area contributed by atoms with E-state index in [9.17, 15) is 18.0 Å². The number of halogens is 3. The summed E-state index contributed by atoms with van der Waals surface area (Å²) >= 11 is 0. The fraction of sp³-hybridized carbons (Fsp3) is 0.133. The van der Waals surface area contributed by atoms with Crippen molar-refractivity contribution in [2.75, 3.05) is 0 Å². The molecule has 1 N–H and O–H groups in total. The van der Waals surface area contributed by atoms with Gasteiger partial charge in [0, 0.05) is 6.08 Å². The molecule has 0 aliphatic rings. The number of hydrogen-bond acceptors (Lipinski definition) is 3. The number of ether oxygens (including phenoxy) is 1. The van der Waals surface area contributed by atoms with E-state index in [0.29, 0.717) is 11.3 Å². The lowest BCUT2D eigenvalue weighted by atomic mass is 10.2. The molecule has 1 aromatic heterocycles. The van der Waals surface area contributed by atoms with Gasteiger partial charge in [-0.25, -0.2) is 0 Å². The van der Waals surface area contributed by atoms with Gasteiger partial charge in [0.25, 0.3) is 0 Å². The van der Waals surface area contributed by atoms with Crippen molar-refractivity contribution in [3.05, 3.63) is 60.1 Å². The first-order valence-electron chi connectivity index (χ1n) is 6.26. The molecule has 2 rings (SSSR count). The Morgan fingerprint density at radius 3 is 2.55 bits per heavy atom.